The van der Waals surface area contributed by atoms with Gasteiger partial charge in [0, 0.05) is 21.2 Å². The Hall–Kier alpha value is -0.280. The Balaban J connectivity index is 2.77. The molecule has 0 radical (unpaired) electrons. The molecule has 0 spiro atoms. The quantitative estimate of drug-likeness (QED) is 0.887. The van der Waals surface area contributed by atoms with E-state index in [4.69, 9.17) is 0 Å². The Bertz CT molecular complexity index is 321. The largest absolute Gasteiger partial charge is 0.380 e. The van der Waals surface area contributed by atoms with Crippen LogP contribution in [-0.4, -0.2) is 6.54 Å². The van der Waals surface area contributed by atoms with Crippen molar-refractivity contribution in [1.82, 2.24) is 0 Å². The molecule has 0 fully saturated rings. The standard InChI is InChI=1S/C10H11Br2N/c1-7(11)6-13-10-5-3-4-9(12)8(10)2/h3-5,13H,1,6H2,2H3. The van der Waals surface area contributed by atoms with Crippen molar-refractivity contribution in [3.8, 4) is 0 Å². The molecular weight excluding hydrogens is 294 g/mol. The molecule has 1 rings (SSSR count). The zero-order valence-corrected chi connectivity index (χ0v) is 10.6. The van der Waals surface area contributed by atoms with Crippen molar-refractivity contribution < 1.29 is 0 Å². The second kappa shape index (κ2) is 4.82. The minimum Gasteiger partial charge on any atom is -0.380 e. The van der Waals surface area contributed by atoms with Gasteiger partial charge in [-0.05, 0) is 24.6 Å². The molecule has 0 amide bonds. The van der Waals surface area contributed by atoms with Gasteiger partial charge in [0.05, 0.1) is 0 Å². The van der Waals surface area contributed by atoms with Crippen LogP contribution in [0.4, 0.5) is 5.69 Å². The Morgan fingerprint density at radius 3 is 2.85 bits per heavy atom. The average molecular weight is 305 g/mol. The summed E-state index contributed by atoms with van der Waals surface area (Å²) in [6, 6.07) is 6.09. The Labute approximate surface area is 95.5 Å². The van der Waals surface area contributed by atoms with Crippen LogP contribution in [0.15, 0.2) is 33.7 Å². The normalized spacial score (nSPS) is 9.77. The molecule has 0 saturated carbocycles. The van der Waals surface area contributed by atoms with E-state index in [9.17, 15) is 0 Å². The van der Waals surface area contributed by atoms with Gasteiger partial charge >= 0.3 is 0 Å². The molecule has 0 saturated heterocycles. The molecule has 0 atom stereocenters. The maximum absolute atomic E-state index is 3.76. The molecule has 1 aromatic carbocycles. The average Bonchev–Trinajstić information content (AvgIpc) is 2.07. The minimum absolute atomic E-state index is 0.747. The third kappa shape index (κ3) is 3.16. The first-order chi connectivity index (χ1) is 6.11. The molecule has 70 valence electrons. The van der Waals surface area contributed by atoms with Crippen molar-refractivity contribution in [2.45, 2.75) is 6.92 Å². The topological polar surface area (TPSA) is 12.0 Å². The predicted octanol–water partition coefficient (Wildman–Crippen LogP) is 4.08. The van der Waals surface area contributed by atoms with Gasteiger partial charge in [0.2, 0.25) is 0 Å². The van der Waals surface area contributed by atoms with Crippen LogP contribution in [0.3, 0.4) is 0 Å². The zero-order valence-electron chi connectivity index (χ0n) is 7.40. The summed E-state index contributed by atoms with van der Waals surface area (Å²) in [4.78, 5) is 0. The Morgan fingerprint density at radius 2 is 2.23 bits per heavy atom. The summed E-state index contributed by atoms with van der Waals surface area (Å²) < 4.78 is 2.07. The first-order valence-corrected chi connectivity index (χ1v) is 5.52. The van der Waals surface area contributed by atoms with E-state index < -0.39 is 0 Å². The van der Waals surface area contributed by atoms with Crippen molar-refractivity contribution in [3.05, 3.63) is 39.3 Å². The predicted molar refractivity (Wildman–Crippen MR) is 65.4 cm³/mol. The van der Waals surface area contributed by atoms with Gasteiger partial charge in [0.1, 0.15) is 0 Å². The smallest absolute Gasteiger partial charge is 0.0460 e. The third-order valence-corrected chi connectivity index (χ3v) is 2.88. The summed E-state index contributed by atoms with van der Waals surface area (Å²) in [5.41, 5.74) is 2.35. The highest BCUT2D eigenvalue weighted by Gasteiger charge is 2.00. The van der Waals surface area contributed by atoms with Crippen molar-refractivity contribution in [2.24, 2.45) is 0 Å². The number of benzene rings is 1. The van der Waals surface area contributed by atoms with Crippen LogP contribution in [-0.2, 0) is 0 Å². The molecule has 0 aromatic heterocycles. The van der Waals surface area contributed by atoms with E-state index in [-0.39, 0.29) is 0 Å². The fourth-order valence-electron chi connectivity index (χ4n) is 0.990. The van der Waals surface area contributed by atoms with Gasteiger partial charge in [-0.2, -0.15) is 0 Å². The Kier molecular flexibility index (Phi) is 4.00. The van der Waals surface area contributed by atoms with E-state index in [1.165, 1.54) is 5.56 Å². The molecule has 0 aliphatic rings. The maximum Gasteiger partial charge on any atom is 0.0460 e. The van der Waals surface area contributed by atoms with Gasteiger partial charge in [-0.15, -0.1) is 0 Å². The van der Waals surface area contributed by atoms with E-state index in [1.54, 1.807) is 0 Å². The van der Waals surface area contributed by atoms with Crippen LogP contribution < -0.4 is 5.32 Å². The first-order valence-electron chi connectivity index (χ1n) is 3.93. The molecule has 1 nitrogen and oxygen atoms in total. The molecule has 1 aromatic rings. The SMILES string of the molecule is C=C(Br)CNc1cccc(Br)c1C. The molecule has 0 heterocycles. The molecule has 13 heavy (non-hydrogen) atoms. The molecule has 0 aliphatic carbocycles. The molecule has 0 aliphatic heterocycles. The number of halogens is 2. The fraction of sp³-hybridized carbons (Fsp3) is 0.200. The third-order valence-electron chi connectivity index (χ3n) is 1.74. The summed E-state index contributed by atoms with van der Waals surface area (Å²) >= 11 is 6.79. The van der Waals surface area contributed by atoms with E-state index >= 15 is 0 Å². The number of nitrogens with one attached hydrogen (secondary N) is 1. The summed E-state index contributed by atoms with van der Waals surface area (Å²) in [6.07, 6.45) is 0. The second-order valence-corrected chi connectivity index (χ2v) is 4.76. The van der Waals surface area contributed by atoms with Crippen molar-refractivity contribution >= 4 is 37.5 Å². The highest BCUT2D eigenvalue weighted by atomic mass is 79.9. The van der Waals surface area contributed by atoms with Crippen molar-refractivity contribution in [1.29, 1.82) is 0 Å². The van der Waals surface area contributed by atoms with Crippen LogP contribution in [0.5, 0.6) is 0 Å². The lowest BCUT2D eigenvalue weighted by atomic mass is 10.2. The zero-order chi connectivity index (χ0) is 9.84. The number of hydrogen-bond donors (Lipinski definition) is 1. The maximum atomic E-state index is 3.76. The van der Waals surface area contributed by atoms with Crippen molar-refractivity contribution in [2.75, 3.05) is 11.9 Å². The van der Waals surface area contributed by atoms with E-state index in [0.29, 0.717) is 0 Å². The number of rotatable bonds is 3. The summed E-state index contributed by atoms with van der Waals surface area (Å²) in [5.74, 6) is 0. The summed E-state index contributed by atoms with van der Waals surface area (Å²) in [7, 11) is 0. The van der Waals surface area contributed by atoms with Crippen LogP contribution in [0.25, 0.3) is 0 Å². The Morgan fingerprint density at radius 1 is 1.54 bits per heavy atom. The van der Waals surface area contributed by atoms with Gasteiger partial charge in [-0.25, -0.2) is 0 Å². The highest BCUT2D eigenvalue weighted by molar-refractivity contribution is 9.11. The van der Waals surface area contributed by atoms with Gasteiger partial charge < -0.3 is 5.32 Å². The van der Waals surface area contributed by atoms with E-state index in [1.807, 2.05) is 12.1 Å². The van der Waals surface area contributed by atoms with Crippen molar-refractivity contribution in [3.63, 3.8) is 0 Å². The molecular formula is C10H11Br2N. The lowest BCUT2D eigenvalue weighted by Gasteiger charge is -2.09. The number of anilines is 1. The lowest BCUT2D eigenvalue weighted by Crippen LogP contribution is -2.02. The van der Waals surface area contributed by atoms with Crippen LogP contribution in [0.1, 0.15) is 5.56 Å². The highest BCUT2D eigenvalue weighted by Crippen LogP contribution is 2.23. The van der Waals surface area contributed by atoms with Gasteiger partial charge in [-0.3, -0.25) is 0 Å². The molecule has 0 bridgehead atoms. The van der Waals surface area contributed by atoms with Gasteiger partial charge in [0.15, 0.2) is 0 Å². The summed E-state index contributed by atoms with van der Waals surface area (Å²) in [5, 5.41) is 3.28. The monoisotopic (exact) mass is 303 g/mol. The first kappa shape index (κ1) is 10.8. The summed E-state index contributed by atoms with van der Waals surface area (Å²) in [6.45, 7) is 6.58. The number of hydrogen-bond acceptors (Lipinski definition) is 1. The van der Waals surface area contributed by atoms with E-state index in [0.717, 1.165) is 21.2 Å². The molecule has 3 heteroatoms. The molecule has 0 unspecified atom stereocenters. The second-order valence-electron chi connectivity index (χ2n) is 2.78. The van der Waals surface area contributed by atoms with E-state index in [2.05, 4.69) is 56.7 Å². The van der Waals surface area contributed by atoms with Gasteiger partial charge in [-0.1, -0.05) is 44.5 Å². The lowest BCUT2D eigenvalue weighted by molar-refractivity contribution is 1.29. The van der Waals surface area contributed by atoms with Crippen LogP contribution >= 0.6 is 31.9 Å². The fourth-order valence-corrected chi connectivity index (χ4v) is 1.50. The minimum atomic E-state index is 0.747. The van der Waals surface area contributed by atoms with Crippen LogP contribution in [0.2, 0.25) is 0 Å². The van der Waals surface area contributed by atoms with Crippen LogP contribution in [0, 0.1) is 6.92 Å². The van der Waals surface area contributed by atoms with Gasteiger partial charge in [0.25, 0.3) is 0 Å². The molecule has 1 N–H and O–H groups in total.